The van der Waals surface area contributed by atoms with Crippen molar-refractivity contribution in [2.45, 2.75) is 76.2 Å². The average Bonchev–Trinajstić information content (AvgIpc) is 2.68. The highest BCUT2D eigenvalue weighted by Gasteiger charge is 2.53. The van der Waals surface area contributed by atoms with Crippen LogP contribution in [0.4, 0.5) is 0 Å². The smallest absolute Gasteiger partial charge is 0.234 e. The van der Waals surface area contributed by atoms with Crippen LogP contribution >= 0.6 is 0 Å². The van der Waals surface area contributed by atoms with Gasteiger partial charge in [0.1, 0.15) is 0 Å². The van der Waals surface area contributed by atoms with Crippen LogP contribution in [0.1, 0.15) is 70.6 Å². The van der Waals surface area contributed by atoms with Gasteiger partial charge in [0.05, 0.1) is 6.54 Å². The van der Waals surface area contributed by atoms with Crippen LogP contribution in [0.25, 0.3) is 0 Å². The third kappa shape index (κ3) is 4.05. The quantitative estimate of drug-likeness (QED) is 0.710. The van der Waals surface area contributed by atoms with Crippen molar-refractivity contribution in [3.8, 4) is 0 Å². The summed E-state index contributed by atoms with van der Waals surface area (Å²) in [4.78, 5) is 17.6. The molecule has 1 heterocycles. The summed E-state index contributed by atoms with van der Waals surface area (Å²) in [7, 11) is 0. The molecule has 4 saturated carbocycles. The molecule has 0 spiro atoms. The van der Waals surface area contributed by atoms with Gasteiger partial charge in [-0.1, -0.05) is 11.6 Å². The fourth-order valence-electron chi connectivity index (χ4n) is 7.59. The predicted octanol–water partition coefficient (Wildman–Crippen LogP) is 3.58. The summed E-state index contributed by atoms with van der Waals surface area (Å²) in [5.74, 6) is 3.29. The molecule has 28 heavy (non-hydrogen) atoms. The lowest BCUT2D eigenvalue weighted by atomic mass is 9.52. The Morgan fingerprint density at radius 1 is 1.00 bits per heavy atom. The van der Waals surface area contributed by atoms with Gasteiger partial charge in [-0.25, -0.2) is 0 Å². The largest absolute Gasteiger partial charge is 0.355 e. The minimum absolute atomic E-state index is 0.222. The first-order valence-corrected chi connectivity index (χ1v) is 12.1. The molecule has 1 saturated heterocycles. The van der Waals surface area contributed by atoms with Crippen LogP contribution in [0.3, 0.4) is 0 Å². The van der Waals surface area contributed by atoms with Gasteiger partial charge in [-0.3, -0.25) is 14.6 Å². The first-order chi connectivity index (χ1) is 13.7. The molecule has 1 aliphatic heterocycles. The second-order valence-corrected chi connectivity index (χ2v) is 10.6. The number of piperazine rings is 1. The summed E-state index contributed by atoms with van der Waals surface area (Å²) in [5, 5.41) is 3.16. The van der Waals surface area contributed by atoms with E-state index < -0.39 is 0 Å². The SMILES string of the molecule is O=C(CN1CCN(C23CC4CC(CC(C4)C2)C3)CC1)NCCC1=CCCCC1. The van der Waals surface area contributed by atoms with Gasteiger partial charge < -0.3 is 5.32 Å². The molecule has 4 bridgehead atoms. The molecular weight excluding hydrogens is 346 g/mol. The van der Waals surface area contributed by atoms with E-state index in [1.54, 1.807) is 5.57 Å². The van der Waals surface area contributed by atoms with Crippen LogP contribution in [0.15, 0.2) is 11.6 Å². The van der Waals surface area contributed by atoms with Crippen LogP contribution in [0.5, 0.6) is 0 Å². The van der Waals surface area contributed by atoms with Crippen LogP contribution < -0.4 is 5.32 Å². The van der Waals surface area contributed by atoms with Gasteiger partial charge in [0.2, 0.25) is 5.91 Å². The molecule has 4 heteroatoms. The molecule has 0 aromatic carbocycles. The molecule has 1 N–H and O–H groups in total. The molecule has 0 aromatic rings. The summed E-state index contributed by atoms with van der Waals surface area (Å²) < 4.78 is 0. The van der Waals surface area contributed by atoms with Crippen LogP contribution in [-0.4, -0.2) is 60.5 Å². The monoisotopic (exact) mass is 385 g/mol. The molecule has 6 aliphatic rings. The molecule has 5 aliphatic carbocycles. The van der Waals surface area contributed by atoms with Gasteiger partial charge in [-0.2, -0.15) is 0 Å². The number of allylic oxidation sites excluding steroid dienone is 1. The molecular formula is C24H39N3O. The lowest BCUT2D eigenvalue weighted by Gasteiger charge is -2.61. The molecule has 4 nitrogen and oxygen atoms in total. The van der Waals surface area contributed by atoms with E-state index in [2.05, 4.69) is 21.2 Å². The van der Waals surface area contributed by atoms with Crippen molar-refractivity contribution in [1.82, 2.24) is 15.1 Å². The van der Waals surface area contributed by atoms with Crippen LogP contribution in [0.2, 0.25) is 0 Å². The van der Waals surface area contributed by atoms with E-state index in [4.69, 9.17) is 0 Å². The lowest BCUT2D eigenvalue weighted by Crippen LogP contribution is -2.64. The summed E-state index contributed by atoms with van der Waals surface area (Å²) in [6.45, 7) is 5.89. The molecule has 0 aromatic heterocycles. The number of hydrogen-bond donors (Lipinski definition) is 1. The second-order valence-electron chi connectivity index (χ2n) is 10.6. The first kappa shape index (κ1) is 19.1. The Hall–Kier alpha value is -0.870. The standard InChI is InChI=1S/C24H39N3O/c28-23(25-7-6-19-4-2-1-3-5-19)18-26-8-10-27(11-9-26)24-15-20-12-21(16-24)14-22(13-20)17-24/h4,20-22H,1-3,5-18H2,(H,25,28). The normalized spacial score (nSPS) is 38.4. The topological polar surface area (TPSA) is 35.6 Å². The van der Waals surface area contributed by atoms with Gasteiger partial charge in [0, 0.05) is 38.3 Å². The van der Waals surface area contributed by atoms with Crippen molar-refractivity contribution in [2.24, 2.45) is 17.8 Å². The van der Waals surface area contributed by atoms with E-state index in [9.17, 15) is 4.79 Å². The van der Waals surface area contributed by atoms with E-state index in [-0.39, 0.29) is 5.91 Å². The maximum absolute atomic E-state index is 12.4. The minimum Gasteiger partial charge on any atom is -0.355 e. The second kappa shape index (κ2) is 8.10. The number of nitrogens with one attached hydrogen (secondary N) is 1. The highest BCUT2D eigenvalue weighted by atomic mass is 16.2. The molecule has 6 rings (SSSR count). The van der Waals surface area contributed by atoms with E-state index in [0.29, 0.717) is 12.1 Å². The van der Waals surface area contributed by atoms with E-state index in [0.717, 1.165) is 43.8 Å². The summed E-state index contributed by atoms with van der Waals surface area (Å²) in [6, 6.07) is 0. The Kier molecular flexibility index (Phi) is 5.53. The van der Waals surface area contributed by atoms with E-state index in [1.807, 2.05) is 0 Å². The van der Waals surface area contributed by atoms with Crippen molar-refractivity contribution in [2.75, 3.05) is 39.3 Å². The van der Waals surface area contributed by atoms with E-state index >= 15 is 0 Å². The molecule has 1 amide bonds. The van der Waals surface area contributed by atoms with Crippen molar-refractivity contribution >= 4 is 5.91 Å². The summed E-state index contributed by atoms with van der Waals surface area (Å²) >= 11 is 0. The molecule has 5 fully saturated rings. The summed E-state index contributed by atoms with van der Waals surface area (Å²) in [6.07, 6.45) is 17.5. The van der Waals surface area contributed by atoms with E-state index in [1.165, 1.54) is 77.3 Å². The predicted molar refractivity (Wildman–Crippen MR) is 113 cm³/mol. The highest BCUT2D eigenvalue weighted by molar-refractivity contribution is 5.78. The number of amides is 1. The number of hydrogen-bond acceptors (Lipinski definition) is 3. The average molecular weight is 386 g/mol. The van der Waals surface area contributed by atoms with Crippen molar-refractivity contribution in [3.63, 3.8) is 0 Å². The van der Waals surface area contributed by atoms with Gasteiger partial charge in [0.15, 0.2) is 0 Å². The first-order valence-electron chi connectivity index (χ1n) is 12.1. The van der Waals surface area contributed by atoms with Crippen molar-refractivity contribution in [3.05, 3.63) is 11.6 Å². The zero-order valence-corrected chi connectivity index (χ0v) is 17.6. The van der Waals surface area contributed by atoms with Crippen molar-refractivity contribution in [1.29, 1.82) is 0 Å². The van der Waals surface area contributed by atoms with Gasteiger partial charge in [-0.05, 0) is 88.4 Å². The maximum Gasteiger partial charge on any atom is 0.234 e. The highest BCUT2D eigenvalue weighted by Crippen LogP contribution is 2.57. The van der Waals surface area contributed by atoms with Crippen LogP contribution in [0, 0.1) is 17.8 Å². The Bertz CT molecular complexity index is 570. The maximum atomic E-state index is 12.4. The summed E-state index contributed by atoms with van der Waals surface area (Å²) in [5.41, 5.74) is 2.09. The number of rotatable bonds is 6. The zero-order valence-electron chi connectivity index (χ0n) is 17.6. The fourth-order valence-corrected chi connectivity index (χ4v) is 7.59. The molecule has 0 radical (unpaired) electrons. The lowest BCUT2D eigenvalue weighted by molar-refractivity contribution is -0.124. The number of nitrogens with zero attached hydrogens (tertiary/aromatic N) is 2. The fraction of sp³-hybridized carbons (Fsp3) is 0.875. The zero-order chi connectivity index (χ0) is 19.0. The van der Waals surface area contributed by atoms with Crippen LogP contribution in [-0.2, 0) is 4.79 Å². The Labute approximate surface area is 171 Å². The Morgan fingerprint density at radius 3 is 2.29 bits per heavy atom. The van der Waals surface area contributed by atoms with Gasteiger partial charge >= 0.3 is 0 Å². The Balaban J connectivity index is 1.05. The molecule has 156 valence electrons. The third-order valence-electron chi connectivity index (χ3n) is 8.57. The van der Waals surface area contributed by atoms with Gasteiger partial charge in [0.25, 0.3) is 0 Å². The third-order valence-corrected chi connectivity index (χ3v) is 8.57. The molecule has 0 atom stereocenters. The van der Waals surface area contributed by atoms with Crippen molar-refractivity contribution < 1.29 is 4.79 Å². The van der Waals surface area contributed by atoms with Gasteiger partial charge in [-0.15, -0.1) is 0 Å². The number of carbonyl (C=O) groups excluding carboxylic acids is 1. The minimum atomic E-state index is 0.222. The number of carbonyl (C=O) groups is 1. The Morgan fingerprint density at radius 2 is 1.68 bits per heavy atom. The molecule has 0 unspecified atom stereocenters.